The maximum absolute atomic E-state index is 12.3. The Bertz CT molecular complexity index is 646. The van der Waals surface area contributed by atoms with E-state index in [-0.39, 0.29) is 11.0 Å². The minimum absolute atomic E-state index is 0.0346. The molecule has 0 unspecified atom stereocenters. The molecule has 0 saturated heterocycles. The molecule has 0 aliphatic rings. The number of carbonyl (C=O) groups excluding carboxylic acids is 1. The number of hydrogen-bond donors (Lipinski definition) is 0. The Morgan fingerprint density at radius 2 is 2.00 bits per heavy atom. The third-order valence-corrected chi connectivity index (χ3v) is 2.12. The molecule has 0 fully saturated rings. The van der Waals surface area contributed by atoms with Gasteiger partial charge in [-0.3, -0.25) is 14.2 Å². The highest BCUT2D eigenvalue weighted by molar-refractivity contribution is 5.92. The topological polar surface area (TPSA) is 52.0 Å². The van der Waals surface area contributed by atoms with Gasteiger partial charge in [-0.1, -0.05) is 0 Å². The Labute approximate surface area is 92.3 Å². The smallest absolute Gasteiger partial charge is 0.289 e. The van der Waals surface area contributed by atoms with E-state index >= 15 is 0 Å². The number of rotatable bonds is 0. The summed E-state index contributed by atoms with van der Waals surface area (Å²) in [4.78, 5) is 26.1. The molecule has 0 aromatic carbocycles. The van der Waals surface area contributed by atoms with Gasteiger partial charge in [0.1, 0.15) is 0 Å². The van der Waals surface area contributed by atoms with Gasteiger partial charge >= 0.3 is 12.1 Å². The molecule has 4 nitrogen and oxygen atoms in total. The third kappa shape index (κ3) is 1.91. The van der Waals surface area contributed by atoms with E-state index in [1.54, 1.807) is 0 Å². The normalized spacial score (nSPS) is 11.7. The maximum Gasteiger partial charge on any atom is 0.472 e. The average molecular weight is 242 g/mol. The van der Waals surface area contributed by atoms with E-state index in [0.717, 1.165) is 12.3 Å². The van der Waals surface area contributed by atoms with Crippen LogP contribution in [0.5, 0.6) is 0 Å². The highest BCUT2D eigenvalue weighted by atomic mass is 19.4. The Morgan fingerprint density at radius 1 is 1.29 bits per heavy atom. The molecule has 0 radical (unpaired) electrons. The van der Waals surface area contributed by atoms with Crippen LogP contribution in [0.4, 0.5) is 13.2 Å². The molecule has 0 saturated carbocycles. The highest BCUT2D eigenvalue weighted by Gasteiger charge is 2.40. The first-order valence-electron chi connectivity index (χ1n) is 4.49. The first-order valence-corrected chi connectivity index (χ1v) is 4.49. The van der Waals surface area contributed by atoms with Crippen LogP contribution in [0.2, 0.25) is 0 Å². The van der Waals surface area contributed by atoms with Crippen molar-refractivity contribution in [1.82, 2.24) is 9.55 Å². The quantitative estimate of drug-likeness (QED) is 0.705. The lowest BCUT2D eigenvalue weighted by atomic mass is 10.3. The summed E-state index contributed by atoms with van der Waals surface area (Å²) < 4.78 is 37.2. The van der Waals surface area contributed by atoms with Crippen molar-refractivity contribution in [1.29, 1.82) is 0 Å². The van der Waals surface area contributed by atoms with E-state index in [9.17, 15) is 22.8 Å². The minimum atomic E-state index is -5.01. The third-order valence-electron chi connectivity index (χ3n) is 2.12. The highest BCUT2D eigenvalue weighted by Crippen LogP contribution is 2.19. The van der Waals surface area contributed by atoms with Gasteiger partial charge in [0.15, 0.2) is 11.1 Å². The zero-order chi connectivity index (χ0) is 12.6. The number of pyridine rings is 2. The van der Waals surface area contributed by atoms with Crippen molar-refractivity contribution in [2.45, 2.75) is 6.18 Å². The van der Waals surface area contributed by atoms with Gasteiger partial charge in [0, 0.05) is 18.5 Å². The number of aromatic nitrogens is 2. The Balaban J connectivity index is 2.77. The zero-order valence-electron chi connectivity index (χ0n) is 8.23. The second-order valence-electron chi connectivity index (χ2n) is 3.23. The van der Waals surface area contributed by atoms with E-state index in [1.807, 2.05) is 0 Å². The maximum atomic E-state index is 12.3. The fraction of sp³-hybridized carbons (Fsp3) is 0.100. The summed E-state index contributed by atoms with van der Waals surface area (Å²) in [6.45, 7) is 0. The van der Waals surface area contributed by atoms with Crippen LogP contribution < -0.4 is 5.43 Å². The summed E-state index contributed by atoms with van der Waals surface area (Å²) in [6.07, 6.45) is -3.03. The van der Waals surface area contributed by atoms with E-state index < -0.39 is 17.5 Å². The molecule has 7 heteroatoms. The first-order chi connectivity index (χ1) is 7.91. The predicted octanol–water partition coefficient (Wildman–Crippen LogP) is 1.60. The number of halogens is 3. The molecule has 2 rings (SSSR count). The Hall–Kier alpha value is -2.18. The number of carbonyl (C=O) groups is 1. The summed E-state index contributed by atoms with van der Waals surface area (Å²) >= 11 is 0. The molecule has 0 amide bonds. The van der Waals surface area contributed by atoms with Crippen molar-refractivity contribution in [2.75, 3.05) is 0 Å². The fourth-order valence-electron chi connectivity index (χ4n) is 1.38. The van der Waals surface area contributed by atoms with Crippen LogP contribution in [0.25, 0.3) is 11.0 Å². The van der Waals surface area contributed by atoms with Crippen LogP contribution >= 0.6 is 0 Å². The van der Waals surface area contributed by atoms with Crippen LogP contribution in [-0.2, 0) is 0 Å². The summed E-state index contributed by atoms with van der Waals surface area (Å²) in [5, 5.41) is -0.0346. The molecule has 2 aromatic rings. The van der Waals surface area contributed by atoms with Crippen molar-refractivity contribution in [3.63, 3.8) is 0 Å². The van der Waals surface area contributed by atoms with Gasteiger partial charge in [0.2, 0.25) is 0 Å². The van der Waals surface area contributed by atoms with E-state index in [2.05, 4.69) is 4.98 Å². The second-order valence-corrected chi connectivity index (χ2v) is 3.23. The van der Waals surface area contributed by atoms with Crippen molar-refractivity contribution in [2.24, 2.45) is 0 Å². The van der Waals surface area contributed by atoms with Gasteiger partial charge in [-0.2, -0.15) is 13.2 Å². The van der Waals surface area contributed by atoms with Gasteiger partial charge in [-0.25, -0.2) is 4.98 Å². The van der Waals surface area contributed by atoms with Crippen LogP contribution in [0.15, 0.2) is 35.4 Å². The predicted molar refractivity (Wildman–Crippen MR) is 52.7 cm³/mol. The Kier molecular flexibility index (Phi) is 2.45. The standard InChI is InChI=1S/C10H5F3N2O2/c11-10(12,13)9(17)15-5-3-7(16)6-2-1-4-14-8(6)15/h1-5H. The van der Waals surface area contributed by atoms with Gasteiger partial charge in [0.25, 0.3) is 0 Å². The molecule has 2 aromatic heterocycles. The fourth-order valence-corrected chi connectivity index (χ4v) is 1.38. The van der Waals surface area contributed by atoms with Gasteiger partial charge in [0.05, 0.1) is 5.39 Å². The van der Waals surface area contributed by atoms with Crippen LogP contribution in [0.1, 0.15) is 4.79 Å². The van der Waals surface area contributed by atoms with Gasteiger partial charge in [-0.15, -0.1) is 0 Å². The lowest BCUT2D eigenvalue weighted by molar-refractivity contribution is -0.0943. The molecule has 88 valence electrons. The lowest BCUT2D eigenvalue weighted by Gasteiger charge is -2.09. The molecule has 0 spiro atoms. The molecule has 17 heavy (non-hydrogen) atoms. The van der Waals surface area contributed by atoms with E-state index in [1.165, 1.54) is 18.3 Å². The molecular weight excluding hydrogens is 237 g/mol. The average Bonchev–Trinajstić information content (AvgIpc) is 2.28. The van der Waals surface area contributed by atoms with Gasteiger partial charge < -0.3 is 0 Å². The number of nitrogens with zero attached hydrogens (tertiary/aromatic N) is 2. The second kappa shape index (κ2) is 3.69. The minimum Gasteiger partial charge on any atom is -0.289 e. The number of hydrogen-bond acceptors (Lipinski definition) is 3. The van der Waals surface area contributed by atoms with Crippen molar-refractivity contribution < 1.29 is 18.0 Å². The van der Waals surface area contributed by atoms with Crippen LogP contribution in [-0.4, -0.2) is 21.6 Å². The van der Waals surface area contributed by atoms with E-state index in [4.69, 9.17) is 0 Å². The summed E-state index contributed by atoms with van der Waals surface area (Å²) in [7, 11) is 0. The summed E-state index contributed by atoms with van der Waals surface area (Å²) in [6, 6.07) is 3.62. The monoisotopic (exact) mass is 242 g/mol. The van der Waals surface area contributed by atoms with Crippen LogP contribution in [0, 0.1) is 0 Å². The van der Waals surface area contributed by atoms with Crippen molar-refractivity contribution >= 4 is 16.9 Å². The first kappa shape index (κ1) is 11.3. The number of fused-ring (bicyclic) bond motifs is 1. The van der Waals surface area contributed by atoms with Crippen molar-refractivity contribution in [3.05, 3.63) is 40.8 Å². The molecule has 0 atom stereocenters. The SMILES string of the molecule is O=C(n1ccc(=O)c2cccnc21)C(F)(F)F. The molecular formula is C10H5F3N2O2. The van der Waals surface area contributed by atoms with Gasteiger partial charge in [-0.05, 0) is 12.1 Å². The molecule has 0 aliphatic heterocycles. The largest absolute Gasteiger partial charge is 0.472 e. The lowest BCUT2D eigenvalue weighted by Crippen LogP contribution is -2.30. The van der Waals surface area contributed by atoms with Crippen molar-refractivity contribution in [3.8, 4) is 0 Å². The summed E-state index contributed by atoms with van der Waals surface area (Å²) in [5.74, 6) is -2.08. The molecule has 0 N–H and O–H groups in total. The van der Waals surface area contributed by atoms with E-state index in [0.29, 0.717) is 4.57 Å². The Morgan fingerprint density at radius 3 is 2.65 bits per heavy atom. The summed E-state index contributed by atoms with van der Waals surface area (Å²) in [5.41, 5.74) is -0.790. The molecule has 0 bridgehead atoms. The zero-order valence-corrected chi connectivity index (χ0v) is 8.23. The van der Waals surface area contributed by atoms with Crippen LogP contribution in [0.3, 0.4) is 0 Å². The molecule has 2 heterocycles. The molecule has 0 aliphatic carbocycles. The number of alkyl halides is 3.